The standard InChI is InChI=1S/C16H14BrN3/c1-10-3-2-4-15(16(10)17)20-14-6-5-13(18)11-7-8-19-9-12(11)14/h2-9,20H,18H2,1H3. The predicted octanol–water partition coefficient (Wildman–Crippen LogP) is 4.63. The molecule has 0 saturated carbocycles. The summed E-state index contributed by atoms with van der Waals surface area (Å²) in [6.45, 7) is 2.07. The molecule has 0 fully saturated rings. The number of anilines is 3. The third-order valence-electron chi connectivity index (χ3n) is 3.31. The van der Waals surface area contributed by atoms with E-state index in [0.717, 1.165) is 32.3 Å². The van der Waals surface area contributed by atoms with E-state index >= 15 is 0 Å². The van der Waals surface area contributed by atoms with Crippen molar-refractivity contribution in [1.29, 1.82) is 0 Å². The summed E-state index contributed by atoms with van der Waals surface area (Å²) in [5.41, 5.74) is 9.98. The lowest BCUT2D eigenvalue weighted by Gasteiger charge is -2.13. The van der Waals surface area contributed by atoms with Crippen molar-refractivity contribution in [2.45, 2.75) is 6.92 Å². The van der Waals surface area contributed by atoms with Gasteiger partial charge in [0.15, 0.2) is 0 Å². The summed E-state index contributed by atoms with van der Waals surface area (Å²) in [5, 5.41) is 5.46. The maximum absolute atomic E-state index is 6.01. The molecule has 0 saturated heterocycles. The maximum atomic E-state index is 6.01. The number of aromatic nitrogens is 1. The lowest BCUT2D eigenvalue weighted by molar-refractivity contribution is 1.36. The first-order chi connectivity index (χ1) is 9.66. The second kappa shape index (κ2) is 5.13. The Morgan fingerprint density at radius 1 is 1.05 bits per heavy atom. The Morgan fingerprint density at radius 3 is 2.75 bits per heavy atom. The lowest BCUT2D eigenvalue weighted by atomic mass is 10.1. The number of hydrogen-bond acceptors (Lipinski definition) is 3. The smallest absolute Gasteiger partial charge is 0.0531 e. The van der Waals surface area contributed by atoms with Crippen molar-refractivity contribution in [3.63, 3.8) is 0 Å². The topological polar surface area (TPSA) is 50.9 Å². The zero-order chi connectivity index (χ0) is 14.1. The molecule has 4 heteroatoms. The maximum Gasteiger partial charge on any atom is 0.0531 e. The van der Waals surface area contributed by atoms with E-state index in [1.807, 2.05) is 36.5 Å². The minimum atomic E-state index is 0.760. The van der Waals surface area contributed by atoms with Gasteiger partial charge in [-0.1, -0.05) is 12.1 Å². The SMILES string of the molecule is Cc1cccc(Nc2ccc(N)c3ccncc23)c1Br. The summed E-state index contributed by atoms with van der Waals surface area (Å²) in [6.07, 6.45) is 3.59. The largest absolute Gasteiger partial charge is 0.398 e. The molecule has 0 aliphatic carbocycles. The third-order valence-corrected chi connectivity index (χ3v) is 4.37. The van der Waals surface area contributed by atoms with Crippen LogP contribution in [0.2, 0.25) is 0 Å². The van der Waals surface area contributed by atoms with E-state index in [9.17, 15) is 0 Å². The van der Waals surface area contributed by atoms with E-state index in [4.69, 9.17) is 5.73 Å². The Labute approximate surface area is 126 Å². The van der Waals surface area contributed by atoms with E-state index in [1.165, 1.54) is 5.56 Å². The Hall–Kier alpha value is -2.07. The Balaban J connectivity index is 2.12. The summed E-state index contributed by atoms with van der Waals surface area (Å²) in [6, 6.07) is 12.0. The normalized spacial score (nSPS) is 10.7. The molecule has 0 bridgehead atoms. The van der Waals surface area contributed by atoms with E-state index in [1.54, 1.807) is 6.20 Å². The van der Waals surface area contributed by atoms with Crippen LogP contribution in [-0.2, 0) is 0 Å². The van der Waals surface area contributed by atoms with Gasteiger partial charge in [-0.2, -0.15) is 0 Å². The van der Waals surface area contributed by atoms with Crippen LogP contribution >= 0.6 is 15.9 Å². The fourth-order valence-electron chi connectivity index (χ4n) is 2.21. The predicted molar refractivity (Wildman–Crippen MR) is 88.3 cm³/mol. The van der Waals surface area contributed by atoms with Crippen molar-refractivity contribution in [1.82, 2.24) is 4.98 Å². The highest BCUT2D eigenvalue weighted by molar-refractivity contribution is 9.10. The Bertz CT molecular complexity index is 784. The van der Waals surface area contributed by atoms with Crippen molar-refractivity contribution < 1.29 is 0 Å². The first-order valence-electron chi connectivity index (χ1n) is 6.31. The summed E-state index contributed by atoms with van der Waals surface area (Å²) in [5.74, 6) is 0. The van der Waals surface area contributed by atoms with Crippen molar-refractivity contribution in [3.05, 3.63) is 58.8 Å². The van der Waals surface area contributed by atoms with Gasteiger partial charge in [0, 0.05) is 39.0 Å². The highest BCUT2D eigenvalue weighted by Crippen LogP contribution is 2.33. The van der Waals surface area contributed by atoms with Crippen molar-refractivity contribution >= 4 is 43.8 Å². The number of nitrogen functional groups attached to an aromatic ring is 1. The molecule has 3 aromatic rings. The molecule has 3 rings (SSSR count). The van der Waals surface area contributed by atoms with E-state index < -0.39 is 0 Å². The number of fused-ring (bicyclic) bond motifs is 1. The van der Waals surface area contributed by atoms with Crippen molar-refractivity contribution in [2.75, 3.05) is 11.1 Å². The van der Waals surface area contributed by atoms with Crippen LogP contribution in [0.5, 0.6) is 0 Å². The second-order valence-corrected chi connectivity index (χ2v) is 5.48. The molecule has 2 aromatic carbocycles. The van der Waals surface area contributed by atoms with Gasteiger partial charge in [-0.3, -0.25) is 4.98 Å². The molecule has 1 heterocycles. The minimum absolute atomic E-state index is 0.760. The molecule has 0 aliphatic heterocycles. The van der Waals surface area contributed by atoms with Crippen LogP contribution in [0.4, 0.5) is 17.1 Å². The van der Waals surface area contributed by atoms with Gasteiger partial charge >= 0.3 is 0 Å². The molecule has 0 aliphatic rings. The first kappa shape index (κ1) is 12.9. The number of halogens is 1. The van der Waals surface area contributed by atoms with E-state index in [0.29, 0.717) is 0 Å². The van der Waals surface area contributed by atoms with Crippen molar-refractivity contribution in [3.8, 4) is 0 Å². The third kappa shape index (κ3) is 2.23. The number of rotatable bonds is 2. The highest BCUT2D eigenvalue weighted by atomic mass is 79.9. The number of nitrogens with two attached hydrogens (primary N) is 1. The van der Waals surface area contributed by atoms with Crippen LogP contribution in [-0.4, -0.2) is 4.98 Å². The monoisotopic (exact) mass is 327 g/mol. The average Bonchev–Trinajstić information content (AvgIpc) is 2.47. The summed E-state index contributed by atoms with van der Waals surface area (Å²) >= 11 is 3.61. The van der Waals surface area contributed by atoms with Crippen LogP contribution in [0, 0.1) is 6.92 Å². The quantitative estimate of drug-likeness (QED) is 0.674. The van der Waals surface area contributed by atoms with Crippen LogP contribution in [0.15, 0.2) is 53.3 Å². The van der Waals surface area contributed by atoms with Gasteiger partial charge in [0.25, 0.3) is 0 Å². The Morgan fingerprint density at radius 2 is 1.90 bits per heavy atom. The van der Waals surface area contributed by atoms with E-state index in [2.05, 4.69) is 39.2 Å². The number of nitrogens with zero attached hydrogens (tertiary/aromatic N) is 1. The molecule has 0 amide bonds. The first-order valence-corrected chi connectivity index (χ1v) is 7.10. The van der Waals surface area contributed by atoms with Gasteiger partial charge in [-0.15, -0.1) is 0 Å². The van der Waals surface area contributed by atoms with Gasteiger partial charge in [0.05, 0.1) is 5.69 Å². The molecule has 20 heavy (non-hydrogen) atoms. The van der Waals surface area contributed by atoms with Gasteiger partial charge in [-0.25, -0.2) is 0 Å². The molecule has 0 radical (unpaired) electrons. The van der Waals surface area contributed by atoms with Gasteiger partial charge in [-0.05, 0) is 52.7 Å². The molecule has 0 atom stereocenters. The lowest BCUT2D eigenvalue weighted by Crippen LogP contribution is -1.96. The van der Waals surface area contributed by atoms with E-state index in [-0.39, 0.29) is 0 Å². The molecule has 0 spiro atoms. The number of hydrogen-bond donors (Lipinski definition) is 2. The summed E-state index contributed by atoms with van der Waals surface area (Å²) in [4.78, 5) is 4.19. The van der Waals surface area contributed by atoms with Crippen molar-refractivity contribution in [2.24, 2.45) is 0 Å². The second-order valence-electron chi connectivity index (χ2n) is 4.69. The molecular formula is C16H14BrN3. The fourth-order valence-corrected chi connectivity index (χ4v) is 2.57. The average molecular weight is 328 g/mol. The molecule has 3 N–H and O–H groups in total. The molecule has 100 valence electrons. The van der Waals surface area contributed by atoms with Crippen LogP contribution in [0.1, 0.15) is 5.56 Å². The molecule has 0 unspecified atom stereocenters. The zero-order valence-corrected chi connectivity index (χ0v) is 12.6. The number of benzene rings is 2. The summed E-state index contributed by atoms with van der Waals surface area (Å²) in [7, 11) is 0. The molecule has 1 aromatic heterocycles. The fraction of sp³-hybridized carbons (Fsp3) is 0.0625. The number of nitrogens with one attached hydrogen (secondary N) is 1. The summed E-state index contributed by atoms with van der Waals surface area (Å²) < 4.78 is 1.06. The molecular weight excluding hydrogens is 314 g/mol. The highest BCUT2D eigenvalue weighted by Gasteiger charge is 2.07. The van der Waals surface area contributed by atoms with Gasteiger partial charge in [0.1, 0.15) is 0 Å². The minimum Gasteiger partial charge on any atom is -0.398 e. The van der Waals surface area contributed by atoms with Gasteiger partial charge < -0.3 is 11.1 Å². The van der Waals surface area contributed by atoms with Gasteiger partial charge in [0.2, 0.25) is 0 Å². The number of pyridine rings is 1. The van der Waals surface area contributed by atoms with Crippen LogP contribution in [0.25, 0.3) is 10.8 Å². The Kier molecular flexibility index (Phi) is 3.32. The molecule has 3 nitrogen and oxygen atoms in total. The number of aryl methyl sites for hydroxylation is 1. The zero-order valence-electron chi connectivity index (χ0n) is 11.0. The van der Waals surface area contributed by atoms with Crippen LogP contribution < -0.4 is 11.1 Å². The van der Waals surface area contributed by atoms with Crippen LogP contribution in [0.3, 0.4) is 0 Å².